The fourth-order valence-corrected chi connectivity index (χ4v) is 1.95. The molecule has 2 aromatic carbocycles. The van der Waals surface area contributed by atoms with Gasteiger partial charge in [-0.15, -0.1) is 0 Å². The van der Waals surface area contributed by atoms with Gasteiger partial charge in [0.15, 0.2) is 0 Å². The fourth-order valence-electron chi connectivity index (χ4n) is 1.95. The van der Waals surface area contributed by atoms with Gasteiger partial charge in [0, 0.05) is 29.4 Å². The first-order valence-corrected chi connectivity index (χ1v) is 6.93. The van der Waals surface area contributed by atoms with Gasteiger partial charge in [-0.05, 0) is 31.2 Å². The molecule has 1 N–H and O–H groups in total. The molecule has 0 bridgehead atoms. The minimum atomic E-state index is -0.210. The van der Waals surface area contributed by atoms with Crippen molar-refractivity contribution in [1.82, 2.24) is 0 Å². The summed E-state index contributed by atoms with van der Waals surface area (Å²) in [6.07, 6.45) is 0. The highest BCUT2D eigenvalue weighted by molar-refractivity contribution is 6.04. The van der Waals surface area contributed by atoms with Crippen LogP contribution in [-0.4, -0.2) is 26.7 Å². The quantitative estimate of drug-likeness (QED) is 0.889. The number of nitrogens with one attached hydrogen (secondary N) is 1. The molecule has 0 aliphatic heterocycles. The molecule has 0 saturated heterocycles. The van der Waals surface area contributed by atoms with Gasteiger partial charge < -0.3 is 19.5 Å². The summed E-state index contributed by atoms with van der Waals surface area (Å²) in [5.74, 6) is 1.75. The molecule has 0 heterocycles. The van der Waals surface area contributed by atoms with E-state index in [9.17, 15) is 4.79 Å². The zero-order chi connectivity index (χ0) is 15.9. The Morgan fingerprint density at radius 1 is 0.955 bits per heavy atom. The molecule has 22 heavy (non-hydrogen) atoms. The van der Waals surface area contributed by atoms with Crippen molar-refractivity contribution in [2.24, 2.45) is 0 Å². The average molecular weight is 301 g/mol. The maximum atomic E-state index is 12.2. The van der Waals surface area contributed by atoms with Gasteiger partial charge in [-0.25, -0.2) is 0 Å². The highest BCUT2D eigenvalue weighted by atomic mass is 16.5. The Morgan fingerprint density at radius 3 is 2.05 bits per heavy atom. The zero-order valence-corrected chi connectivity index (χ0v) is 12.9. The monoisotopic (exact) mass is 301 g/mol. The summed E-state index contributed by atoms with van der Waals surface area (Å²) < 4.78 is 15.7. The first kappa shape index (κ1) is 15.7. The zero-order valence-electron chi connectivity index (χ0n) is 12.9. The molecule has 0 atom stereocenters. The lowest BCUT2D eigenvalue weighted by molar-refractivity contribution is 0.102. The number of benzene rings is 2. The van der Waals surface area contributed by atoms with E-state index >= 15 is 0 Å². The Morgan fingerprint density at radius 2 is 1.55 bits per heavy atom. The molecule has 0 fully saturated rings. The van der Waals surface area contributed by atoms with E-state index in [0.717, 1.165) is 5.75 Å². The number of ether oxygens (including phenoxy) is 3. The van der Waals surface area contributed by atoms with Gasteiger partial charge in [0.25, 0.3) is 5.91 Å². The van der Waals surface area contributed by atoms with E-state index in [2.05, 4.69) is 5.32 Å². The summed E-state index contributed by atoms with van der Waals surface area (Å²) >= 11 is 0. The molecule has 2 aromatic rings. The van der Waals surface area contributed by atoms with Gasteiger partial charge in [-0.2, -0.15) is 0 Å². The lowest BCUT2D eigenvalue weighted by Crippen LogP contribution is -2.12. The third kappa shape index (κ3) is 3.91. The van der Waals surface area contributed by atoms with Gasteiger partial charge in [0.2, 0.25) is 0 Å². The van der Waals surface area contributed by atoms with Crippen molar-refractivity contribution >= 4 is 11.6 Å². The van der Waals surface area contributed by atoms with Crippen molar-refractivity contribution in [1.29, 1.82) is 0 Å². The second-order valence-electron chi connectivity index (χ2n) is 4.51. The number of carbonyl (C=O) groups is 1. The Labute approximate surface area is 129 Å². The second kappa shape index (κ2) is 7.36. The van der Waals surface area contributed by atoms with Gasteiger partial charge in [0.1, 0.15) is 17.2 Å². The topological polar surface area (TPSA) is 56.8 Å². The van der Waals surface area contributed by atoms with E-state index in [1.54, 1.807) is 56.7 Å². The molecule has 0 aliphatic rings. The summed E-state index contributed by atoms with van der Waals surface area (Å²) in [5.41, 5.74) is 1.15. The molecule has 116 valence electrons. The highest BCUT2D eigenvalue weighted by Gasteiger charge is 2.08. The van der Waals surface area contributed by atoms with E-state index in [-0.39, 0.29) is 5.91 Å². The molecular weight excluding hydrogens is 282 g/mol. The van der Waals surface area contributed by atoms with E-state index in [1.807, 2.05) is 6.92 Å². The predicted molar refractivity (Wildman–Crippen MR) is 85.1 cm³/mol. The van der Waals surface area contributed by atoms with Crippen LogP contribution in [0.1, 0.15) is 17.3 Å². The first-order valence-electron chi connectivity index (χ1n) is 6.93. The number of anilines is 1. The number of hydrogen-bond acceptors (Lipinski definition) is 4. The molecule has 0 spiro atoms. The Kier molecular flexibility index (Phi) is 5.25. The second-order valence-corrected chi connectivity index (χ2v) is 4.51. The first-order chi connectivity index (χ1) is 10.7. The highest BCUT2D eigenvalue weighted by Crippen LogP contribution is 2.26. The van der Waals surface area contributed by atoms with Crippen LogP contribution >= 0.6 is 0 Å². The predicted octanol–water partition coefficient (Wildman–Crippen LogP) is 3.35. The van der Waals surface area contributed by atoms with Crippen molar-refractivity contribution in [3.63, 3.8) is 0 Å². The third-order valence-electron chi connectivity index (χ3n) is 3.04. The van der Waals surface area contributed by atoms with Crippen LogP contribution in [0.2, 0.25) is 0 Å². The average Bonchev–Trinajstić information content (AvgIpc) is 2.55. The van der Waals surface area contributed by atoms with Crippen molar-refractivity contribution in [3.8, 4) is 17.2 Å². The van der Waals surface area contributed by atoms with Crippen molar-refractivity contribution in [2.45, 2.75) is 6.92 Å². The Hall–Kier alpha value is -2.69. The minimum absolute atomic E-state index is 0.210. The van der Waals surface area contributed by atoms with Crippen molar-refractivity contribution in [3.05, 3.63) is 48.0 Å². The number of hydrogen-bond donors (Lipinski definition) is 1. The van der Waals surface area contributed by atoms with Gasteiger partial charge in [-0.3, -0.25) is 4.79 Å². The van der Waals surface area contributed by atoms with Crippen LogP contribution in [0, 0.1) is 0 Å². The largest absolute Gasteiger partial charge is 0.497 e. The van der Waals surface area contributed by atoms with Crippen molar-refractivity contribution in [2.75, 3.05) is 26.1 Å². The Bertz CT molecular complexity index is 615. The van der Waals surface area contributed by atoms with Gasteiger partial charge >= 0.3 is 0 Å². The molecule has 0 unspecified atom stereocenters. The number of carbonyl (C=O) groups excluding carboxylic acids is 1. The number of rotatable bonds is 6. The van der Waals surface area contributed by atoms with E-state index in [1.165, 1.54) is 0 Å². The van der Waals surface area contributed by atoms with Crippen molar-refractivity contribution < 1.29 is 19.0 Å². The molecule has 5 heteroatoms. The normalized spacial score (nSPS) is 9.95. The third-order valence-corrected chi connectivity index (χ3v) is 3.04. The molecule has 0 aromatic heterocycles. The summed E-state index contributed by atoms with van der Waals surface area (Å²) in [6, 6.07) is 12.2. The van der Waals surface area contributed by atoms with E-state index in [0.29, 0.717) is 29.4 Å². The van der Waals surface area contributed by atoms with Crippen LogP contribution < -0.4 is 19.5 Å². The smallest absolute Gasteiger partial charge is 0.255 e. The number of methoxy groups -OCH3 is 2. The summed E-state index contributed by atoms with van der Waals surface area (Å²) in [6.45, 7) is 2.51. The van der Waals surface area contributed by atoms with Crippen LogP contribution in [0.3, 0.4) is 0 Å². The molecule has 1 amide bonds. The minimum Gasteiger partial charge on any atom is -0.497 e. The maximum absolute atomic E-state index is 12.2. The van der Waals surface area contributed by atoms with Gasteiger partial charge in [-0.1, -0.05) is 0 Å². The molecule has 2 rings (SSSR count). The maximum Gasteiger partial charge on any atom is 0.255 e. The number of amides is 1. The molecule has 0 radical (unpaired) electrons. The molecule has 5 nitrogen and oxygen atoms in total. The van der Waals surface area contributed by atoms with E-state index < -0.39 is 0 Å². The lowest BCUT2D eigenvalue weighted by atomic mass is 10.2. The summed E-state index contributed by atoms with van der Waals surface area (Å²) in [7, 11) is 3.12. The molecular formula is C17H19NO4. The Balaban J connectivity index is 2.14. The van der Waals surface area contributed by atoms with Crippen LogP contribution in [0.15, 0.2) is 42.5 Å². The standard InChI is InChI=1S/C17H19NO4/c1-4-22-14-7-5-12(6-8-14)17(19)18-13-9-15(20-2)11-16(10-13)21-3/h5-11H,4H2,1-3H3,(H,18,19). The van der Waals surface area contributed by atoms with Crippen LogP contribution in [-0.2, 0) is 0 Å². The van der Waals surface area contributed by atoms with Crippen LogP contribution in [0.25, 0.3) is 0 Å². The fraction of sp³-hybridized carbons (Fsp3) is 0.235. The summed E-state index contributed by atoms with van der Waals surface area (Å²) in [5, 5.41) is 2.82. The molecule has 0 aliphatic carbocycles. The molecule has 0 saturated carbocycles. The van der Waals surface area contributed by atoms with E-state index in [4.69, 9.17) is 14.2 Å². The van der Waals surface area contributed by atoms with Gasteiger partial charge in [0.05, 0.1) is 20.8 Å². The SMILES string of the molecule is CCOc1ccc(C(=O)Nc2cc(OC)cc(OC)c2)cc1. The summed E-state index contributed by atoms with van der Waals surface area (Å²) in [4.78, 5) is 12.2. The lowest BCUT2D eigenvalue weighted by Gasteiger charge is -2.10. The van der Waals surface area contributed by atoms with Crippen LogP contribution in [0.5, 0.6) is 17.2 Å². The van der Waals surface area contributed by atoms with Crippen LogP contribution in [0.4, 0.5) is 5.69 Å².